The molecule has 0 aromatic carbocycles. The summed E-state index contributed by atoms with van der Waals surface area (Å²) < 4.78 is 7.25. The summed E-state index contributed by atoms with van der Waals surface area (Å²) in [6.45, 7) is 9.32. The molecule has 1 aromatic heterocycles. The fourth-order valence-electron chi connectivity index (χ4n) is 2.13. The summed E-state index contributed by atoms with van der Waals surface area (Å²) in [7, 11) is 0. The SMILES string of the molecule is Cc1nn(CCN2CCOCC2)c(C)c1N=N. The second-order valence-electron chi connectivity index (χ2n) is 4.31. The van der Waals surface area contributed by atoms with Gasteiger partial charge in [0.25, 0.3) is 0 Å². The van der Waals surface area contributed by atoms with E-state index in [4.69, 9.17) is 10.3 Å². The summed E-state index contributed by atoms with van der Waals surface area (Å²) in [4.78, 5) is 2.37. The van der Waals surface area contributed by atoms with E-state index in [1.54, 1.807) is 0 Å². The zero-order valence-electron chi connectivity index (χ0n) is 10.4. The van der Waals surface area contributed by atoms with Crippen LogP contribution in [0.2, 0.25) is 0 Å². The minimum atomic E-state index is 0.701. The first kappa shape index (κ1) is 12.2. The topological polar surface area (TPSA) is 66.5 Å². The van der Waals surface area contributed by atoms with Gasteiger partial charge in [-0.05, 0) is 13.8 Å². The molecular formula is C11H19N5O. The van der Waals surface area contributed by atoms with Gasteiger partial charge in [0.05, 0.1) is 31.1 Å². The molecule has 2 rings (SSSR count). The van der Waals surface area contributed by atoms with Crippen molar-refractivity contribution in [2.24, 2.45) is 5.11 Å². The Hall–Kier alpha value is -1.27. The molecule has 0 radical (unpaired) electrons. The molecule has 1 aliphatic rings. The average molecular weight is 237 g/mol. The molecule has 1 fully saturated rings. The molecule has 0 spiro atoms. The van der Waals surface area contributed by atoms with Crippen molar-refractivity contribution in [3.8, 4) is 0 Å². The van der Waals surface area contributed by atoms with Gasteiger partial charge in [0.2, 0.25) is 0 Å². The Morgan fingerprint density at radius 2 is 2.00 bits per heavy atom. The van der Waals surface area contributed by atoms with Crippen molar-refractivity contribution in [3.63, 3.8) is 0 Å². The van der Waals surface area contributed by atoms with Crippen molar-refractivity contribution in [1.82, 2.24) is 14.7 Å². The fraction of sp³-hybridized carbons (Fsp3) is 0.727. The first-order chi connectivity index (χ1) is 8.22. The van der Waals surface area contributed by atoms with Gasteiger partial charge < -0.3 is 4.74 Å². The van der Waals surface area contributed by atoms with Crippen LogP contribution in [-0.2, 0) is 11.3 Å². The van der Waals surface area contributed by atoms with Crippen molar-refractivity contribution < 1.29 is 4.74 Å². The van der Waals surface area contributed by atoms with E-state index in [1.165, 1.54) is 0 Å². The maximum Gasteiger partial charge on any atom is 0.129 e. The third kappa shape index (κ3) is 2.70. The van der Waals surface area contributed by atoms with E-state index in [-0.39, 0.29) is 0 Å². The van der Waals surface area contributed by atoms with Crippen LogP contribution in [0.5, 0.6) is 0 Å². The van der Waals surface area contributed by atoms with Crippen LogP contribution in [-0.4, -0.2) is 47.5 Å². The average Bonchev–Trinajstić information content (AvgIpc) is 2.63. The molecule has 1 N–H and O–H groups in total. The van der Waals surface area contributed by atoms with Crippen LogP contribution in [0.4, 0.5) is 5.69 Å². The Morgan fingerprint density at radius 1 is 1.29 bits per heavy atom. The zero-order valence-corrected chi connectivity index (χ0v) is 10.4. The van der Waals surface area contributed by atoms with E-state index < -0.39 is 0 Å². The Morgan fingerprint density at radius 3 is 2.59 bits per heavy atom. The van der Waals surface area contributed by atoms with Crippen LogP contribution in [0.3, 0.4) is 0 Å². The van der Waals surface area contributed by atoms with Crippen molar-refractivity contribution in [3.05, 3.63) is 11.4 Å². The summed E-state index contributed by atoms with van der Waals surface area (Å²) in [5.41, 5.74) is 9.62. The van der Waals surface area contributed by atoms with Crippen molar-refractivity contribution in [1.29, 1.82) is 5.53 Å². The number of hydrogen-bond acceptors (Lipinski definition) is 5. The molecule has 1 aromatic rings. The Kier molecular flexibility index (Phi) is 3.86. The summed E-state index contributed by atoms with van der Waals surface area (Å²) in [5.74, 6) is 0. The molecule has 2 heterocycles. The summed E-state index contributed by atoms with van der Waals surface area (Å²) in [6, 6.07) is 0. The normalized spacial score (nSPS) is 17.3. The number of hydrogen-bond donors (Lipinski definition) is 1. The minimum absolute atomic E-state index is 0.701. The van der Waals surface area contributed by atoms with E-state index in [0.717, 1.165) is 50.8 Å². The van der Waals surface area contributed by atoms with Gasteiger partial charge in [-0.25, -0.2) is 5.53 Å². The first-order valence-corrected chi connectivity index (χ1v) is 5.94. The third-order valence-electron chi connectivity index (χ3n) is 3.19. The highest BCUT2D eigenvalue weighted by Gasteiger charge is 2.13. The quantitative estimate of drug-likeness (QED) is 0.807. The number of morpholine rings is 1. The molecule has 0 bridgehead atoms. The van der Waals surface area contributed by atoms with Crippen molar-refractivity contribution in [2.45, 2.75) is 20.4 Å². The highest BCUT2D eigenvalue weighted by Crippen LogP contribution is 2.22. The molecule has 0 amide bonds. The highest BCUT2D eigenvalue weighted by atomic mass is 16.5. The smallest absolute Gasteiger partial charge is 0.129 e. The number of nitrogens with one attached hydrogen (secondary N) is 1. The lowest BCUT2D eigenvalue weighted by atomic mass is 10.3. The number of aromatic nitrogens is 2. The number of ether oxygens (including phenoxy) is 1. The summed E-state index contributed by atoms with van der Waals surface area (Å²) in [6.07, 6.45) is 0. The van der Waals surface area contributed by atoms with Crippen LogP contribution < -0.4 is 0 Å². The summed E-state index contributed by atoms with van der Waals surface area (Å²) >= 11 is 0. The lowest BCUT2D eigenvalue weighted by Crippen LogP contribution is -2.38. The predicted octanol–water partition coefficient (Wildman–Crippen LogP) is 1.49. The lowest BCUT2D eigenvalue weighted by molar-refractivity contribution is 0.0359. The number of aryl methyl sites for hydroxylation is 1. The molecule has 17 heavy (non-hydrogen) atoms. The zero-order chi connectivity index (χ0) is 12.3. The van der Waals surface area contributed by atoms with Gasteiger partial charge in [0.1, 0.15) is 5.69 Å². The van der Waals surface area contributed by atoms with Crippen LogP contribution in [0, 0.1) is 19.4 Å². The molecular weight excluding hydrogens is 218 g/mol. The second-order valence-corrected chi connectivity index (χ2v) is 4.31. The molecule has 6 heteroatoms. The van der Waals surface area contributed by atoms with Gasteiger partial charge in [0.15, 0.2) is 0 Å². The van der Waals surface area contributed by atoms with Crippen LogP contribution in [0.25, 0.3) is 0 Å². The Labute approximate surface area is 101 Å². The van der Waals surface area contributed by atoms with Gasteiger partial charge in [-0.2, -0.15) is 10.2 Å². The van der Waals surface area contributed by atoms with E-state index in [9.17, 15) is 0 Å². The van der Waals surface area contributed by atoms with E-state index in [2.05, 4.69) is 15.1 Å². The van der Waals surface area contributed by atoms with Crippen molar-refractivity contribution >= 4 is 5.69 Å². The molecule has 0 unspecified atom stereocenters. The lowest BCUT2D eigenvalue weighted by Gasteiger charge is -2.26. The molecule has 0 aliphatic carbocycles. The van der Waals surface area contributed by atoms with Crippen molar-refractivity contribution in [2.75, 3.05) is 32.8 Å². The Balaban J connectivity index is 1.96. The molecule has 6 nitrogen and oxygen atoms in total. The maximum absolute atomic E-state index is 7.11. The maximum atomic E-state index is 7.11. The van der Waals surface area contributed by atoms with E-state index >= 15 is 0 Å². The highest BCUT2D eigenvalue weighted by molar-refractivity contribution is 5.45. The van der Waals surface area contributed by atoms with Gasteiger partial charge in [-0.3, -0.25) is 9.58 Å². The van der Waals surface area contributed by atoms with Gasteiger partial charge in [0, 0.05) is 19.6 Å². The van der Waals surface area contributed by atoms with E-state index in [1.807, 2.05) is 18.5 Å². The molecule has 0 saturated carbocycles. The van der Waals surface area contributed by atoms with Crippen LogP contribution in [0.15, 0.2) is 5.11 Å². The molecule has 1 aliphatic heterocycles. The number of rotatable bonds is 4. The standard InChI is InChI=1S/C11H19N5O/c1-9-11(13-12)10(2)16(14-9)4-3-15-5-7-17-8-6-15/h12H,3-8H2,1-2H3. The van der Waals surface area contributed by atoms with Gasteiger partial charge >= 0.3 is 0 Å². The second kappa shape index (κ2) is 5.37. The number of nitrogens with zero attached hydrogens (tertiary/aromatic N) is 4. The third-order valence-corrected chi connectivity index (χ3v) is 3.19. The molecule has 0 atom stereocenters. The monoisotopic (exact) mass is 237 g/mol. The fourth-order valence-corrected chi connectivity index (χ4v) is 2.13. The molecule has 1 saturated heterocycles. The predicted molar refractivity (Wildman–Crippen MR) is 63.8 cm³/mol. The summed E-state index contributed by atoms with van der Waals surface area (Å²) in [5, 5.41) is 7.93. The van der Waals surface area contributed by atoms with E-state index in [0.29, 0.717) is 5.69 Å². The molecule has 94 valence electrons. The minimum Gasteiger partial charge on any atom is -0.379 e. The van der Waals surface area contributed by atoms with Gasteiger partial charge in [-0.15, -0.1) is 0 Å². The Bertz CT molecular complexity index is 395. The van der Waals surface area contributed by atoms with Crippen LogP contribution >= 0.6 is 0 Å². The largest absolute Gasteiger partial charge is 0.379 e. The van der Waals surface area contributed by atoms with Gasteiger partial charge in [-0.1, -0.05) is 0 Å². The first-order valence-electron chi connectivity index (χ1n) is 5.94. The van der Waals surface area contributed by atoms with Crippen LogP contribution in [0.1, 0.15) is 11.4 Å².